The van der Waals surface area contributed by atoms with E-state index >= 15 is 0 Å². The summed E-state index contributed by atoms with van der Waals surface area (Å²) in [5.74, 6) is 0.329. The summed E-state index contributed by atoms with van der Waals surface area (Å²) < 4.78 is 1.15. The van der Waals surface area contributed by atoms with Crippen molar-refractivity contribution in [2.75, 3.05) is 5.73 Å². The minimum Gasteiger partial charge on any atom is -0.368 e. The first-order valence-corrected chi connectivity index (χ1v) is 3.26. The molecule has 2 rings (SSSR count). The zero-order chi connectivity index (χ0) is 8.72. The van der Waals surface area contributed by atoms with Gasteiger partial charge in [-0.25, -0.2) is 0 Å². The molecule has 0 saturated heterocycles. The number of hydrogen-bond acceptors (Lipinski definition) is 5. The Labute approximate surface area is 66.2 Å². The van der Waals surface area contributed by atoms with Crippen molar-refractivity contribution in [1.82, 2.24) is 24.8 Å². The predicted molar refractivity (Wildman–Crippen MR) is 40.6 cm³/mol. The van der Waals surface area contributed by atoms with Gasteiger partial charge in [0.25, 0.3) is 11.3 Å². The third-order valence-corrected chi connectivity index (χ3v) is 1.45. The van der Waals surface area contributed by atoms with E-state index in [1.165, 1.54) is 0 Å². The molecule has 0 radical (unpaired) electrons. The van der Waals surface area contributed by atoms with Crippen molar-refractivity contribution in [1.29, 1.82) is 0 Å². The first-order valence-electron chi connectivity index (χ1n) is 3.26. The summed E-state index contributed by atoms with van der Waals surface area (Å²) in [7, 11) is 0. The summed E-state index contributed by atoms with van der Waals surface area (Å²) in [6, 6.07) is 0. The Morgan fingerprint density at radius 2 is 2.25 bits per heavy atom. The largest absolute Gasteiger partial charge is 0.368 e. The number of nitrogens with one attached hydrogen (secondary N) is 1. The summed E-state index contributed by atoms with van der Waals surface area (Å²) in [4.78, 5) is 15.0. The lowest BCUT2D eigenvalue weighted by Gasteiger charge is -1.89. The molecule has 2 aromatic heterocycles. The van der Waals surface area contributed by atoms with Crippen molar-refractivity contribution in [3.63, 3.8) is 0 Å². The van der Waals surface area contributed by atoms with Gasteiger partial charge in [-0.1, -0.05) is 0 Å². The van der Waals surface area contributed by atoms with Gasteiger partial charge in [0.1, 0.15) is 5.69 Å². The summed E-state index contributed by atoms with van der Waals surface area (Å²) in [6.45, 7) is 1.57. The number of fused-ring (bicyclic) bond motifs is 1. The number of H-pyrrole nitrogens is 1. The van der Waals surface area contributed by atoms with Gasteiger partial charge in [-0.15, -0.1) is 10.2 Å². The number of hydrogen-bond donors (Lipinski definition) is 2. The van der Waals surface area contributed by atoms with Gasteiger partial charge in [-0.05, 0) is 6.92 Å². The average molecular weight is 166 g/mol. The predicted octanol–water partition coefficient (Wildman–Crippen LogP) is -1.30. The number of aromatic nitrogens is 5. The minimum atomic E-state index is -0.288. The molecule has 2 heterocycles. The number of nitrogen functional groups attached to an aromatic ring is 1. The van der Waals surface area contributed by atoms with Crippen molar-refractivity contribution in [3.05, 3.63) is 16.0 Å². The molecule has 0 fully saturated rings. The fourth-order valence-corrected chi connectivity index (χ4v) is 0.880. The van der Waals surface area contributed by atoms with E-state index in [4.69, 9.17) is 5.73 Å². The molecule has 2 aromatic rings. The maximum Gasteiger partial charge on any atom is 0.295 e. The van der Waals surface area contributed by atoms with E-state index in [1.807, 2.05) is 0 Å². The Balaban J connectivity index is 2.99. The van der Waals surface area contributed by atoms with Crippen LogP contribution >= 0.6 is 0 Å². The van der Waals surface area contributed by atoms with Gasteiger partial charge >= 0.3 is 0 Å². The molecule has 0 spiro atoms. The Morgan fingerprint density at radius 3 is 3.00 bits per heavy atom. The number of nitrogens with zero attached hydrogens (tertiary/aromatic N) is 4. The molecule has 3 N–H and O–H groups in total. The van der Waals surface area contributed by atoms with E-state index in [-0.39, 0.29) is 17.3 Å². The summed E-state index contributed by atoms with van der Waals surface area (Å²) in [5, 5.41) is 9.79. The summed E-state index contributed by atoms with van der Waals surface area (Å²) >= 11 is 0. The molecule has 0 saturated carbocycles. The van der Waals surface area contributed by atoms with Gasteiger partial charge in [-0.3, -0.25) is 9.89 Å². The van der Waals surface area contributed by atoms with E-state index in [9.17, 15) is 4.79 Å². The van der Waals surface area contributed by atoms with Crippen LogP contribution in [0.3, 0.4) is 0 Å². The van der Waals surface area contributed by atoms with Crippen LogP contribution in [0.2, 0.25) is 0 Å². The van der Waals surface area contributed by atoms with Gasteiger partial charge in [0, 0.05) is 0 Å². The van der Waals surface area contributed by atoms with Crippen molar-refractivity contribution in [2.24, 2.45) is 0 Å². The SMILES string of the molecule is Cc1nnc2nc(N)[nH]n2c1=O. The summed E-state index contributed by atoms with van der Waals surface area (Å²) in [6.07, 6.45) is 0. The molecule has 0 bridgehead atoms. The van der Waals surface area contributed by atoms with Crippen LogP contribution < -0.4 is 11.3 Å². The number of aromatic amines is 1. The monoisotopic (exact) mass is 166 g/mol. The minimum absolute atomic E-state index is 0.145. The van der Waals surface area contributed by atoms with Crippen LogP contribution in [-0.2, 0) is 0 Å². The van der Waals surface area contributed by atoms with Gasteiger partial charge in [-0.2, -0.15) is 9.50 Å². The van der Waals surface area contributed by atoms with Crippen molar-refractivity contribution in [2.45, 2.75) is 6.92 Å². The Kier molecular flexibility index (Phi) is 1.15. The average Bonchev–Trinajstić information content (AvgIpc) is 2.39. The van der Waals surface area contributed by atoms with Crippen LogP contribution in [0, 0.1) is 6.92 Å². The van der Waals surface area contributed by atoms with Crippen LogP contribution in [-0.4, -0.2) is 24.8 Å². The van der Waals surface area contributed by atoms with Crippen LogP contribution in [0.25, 0.3) is 5.78 Å². The quantitative estimate of drug-likeness (QED) is 0.506. The van der Waals surface area contributed by atoms with E-state index in [2.05, 4.69) is 20.3 Å². The topological polar surface area (TPSA) is 102 Å². The van der Waals surface area contributed by atoms with E-state index in [0.29, 0.717) is 5.69 Å². The number of nitrogens with two attached hydrogens (primary N) is 1. The van der Waals surface area contributed by atoms with E-state index in [0.717, 1.165) is 4.52 Å². The molecule has 0 aliphatic rings. The maximum absolute atomic E-state index is 11.3. The van der Waals surface area contributed by atoms with Crippen molar-refractivity contribution >= 4 is 11.7 Å². The van der Waals surface area contributed by atoms with Gasteiger partial charge in [0.05, 0.1) is 0 Å². The molecule has 0 aliphatic heterocycles. The Hall–Kier alpha value is -1.92. The second kappa shape index (κ2) is 2.03. The molecule has 12 heavy (non-hydrogen) atoms. The highest BCUT2D eigenvalue weighted by Crippen LogP contribution is 1.92. The normalized spacial score (nSPS) is 10.8. The standard InChI is InChI=1S/C5H6N6O/c1-2-3(12)11-5(9-8-2)7-4(6)10-11/h1H3,(H3,6,7,9,10). The number of aryl methyl sites for hydroxylation is 1. The zero-order valence-electron chi connectivity index (χ0n) is 6.27. The highest BCUT2D eigenvalue weighted by Gasteiger charge is 2.04. The molecule has 62 valence electrons. The van der Waals surface area contributed by atoms with Crippen LogP contribution in [0.4, 0.5) is 5.95 Å². The molecule has 0 aromatic carbocycles. The van der Waals surface area contributed by atoms with Crippen molar-refractivity contribution < 1.29 is 0 Å². The molecule has 0 amide bonds. The molecule has 7 heteroatoms. The van der Waals surface area contributed by atoms with Gasteiger partial charge in [0.2, 0.25) is 5.95 Å². The maximum atomic E-state index is 11.3. The molecular weight excluding hydrogens is 160 g/mol. The Morgan fingerprint density at radius 1 is 1.50 bits per heavy atom. The first-order chi connectivity index (χ1) is 5.68. The van der Waals surface area contributed by atoms with Gasteiger partial charge in [0.15, 0.2) is 0 Å². The number of anilines is 1. The van der Waals surface area contributed by atoms with Crippen LogP contribution in [0.15, 0.2) is 4.79 Å². The van der Waals surface area contributed by atoms with Crippen LogP contribution in [0.5, 0.6) is 0 Å². The van der Waals surface area contributed by atoms with E-state index in [1.54, 1.807) is 6.92 Å². The lowest BCUT2D eigenvalue weighted by molar-refractivity contribution is 0.825. The first kappa shape index (κ1) is 6.77. The molecule has 0 aliphatic carbocycles. The highest BCUT2D eigenvalue weighted by atomic mass is 16.1. The third kappa shape index (κ3) is 0.760. The third-order valence-electron chi connectivity index (χ3n) is 1.45. The fraction of sp³-hybridized carbons (Fsp3) is 0.200. The molecule has 7 nitrogen and oxygen atoms in total. The molecule has 0 atom stereocenters. The molecule has 0 unspecified atom stereocenters. The number of rotatable bonds is 0. The highest BCUT2D eigenvalue weighted by molar-refractivity contribution is 5.31. The van der Waals surface area contributed by atoms with Crippen LogP contribution in [0.1, 0.15) is 5.69 Å². The fourth-order valence-electron chi connectivity index (χ4n) is 0.880. The lowest BCUT2D eigenvalue weighted by atomic mass is 10.5. The Bertz CT molecular complexity index is 482. The van der Waals surface area contributed by atoms with Crippen molar-refractivity contribution in [3.8, 4) is 0 Å². The molecular formula is C5H6N6O. The zero-order valence-corrected chi connectivity index (χ0v) is 6.27. The second-order valence-corrected chi connectivity index (χ2v) is 2.33. The lowest BCUT2D eigenvalue weighted by Crippen LogP contribution is -2.19. The second-order valence-electron chi connectivity index (χ2n) is 2.33. The van der Waals surface area contributed by atoms with Gasteiger partial charge < -0.3 is 5.73 Å². The smallest absolute Gasteiger partial charge is 0.295 e. The summed E-state index contributed by atoms with van der Waals surface area (Å²) in [5.41, 5.74) is 5.33. The van der Waals surface area contributed by atoms with E-state index < -0.39 is 0 Å².